The van der Waals surface area contributed by atoms with Crippen LogP contribution in [0.5, 0.6) is 5.75 Å². The number of fused-ring (bicyclic) bond motifs is 1. The summed E-state index contributed by atoms with van der Waals surface area (Å²) < 4.78 is 13.9. The van der Waals surface area contributed by atoms with Gasteiger partial charge in [-0.1, -0.05) is 36.4 Å². The van der Waals surface area contributed by atoms with Crippen LogP contribution in [0.1, 0.15) is 22.6 Å². The van der Waals surface area contributed by atoms with Gasteiger partial charge >= 0.3 is 0 Å². The molecule has 1 N–H and O–H groups in total. The highest BCUT2D eigenvalue weighted by Crippen LogP contribution is 2.42. The van der Waals surface area contributed by atoms with Crippen molar-refractivity contribution < 1.29 is 9.50 Å². The number of phenolic OH excluding ortho intramolecular Hbond substituents is 1. The van der Waals surface area contributed by atoms with Crippen molar-refractivity contribution in [1.82, 2.24) is 4.90 Å². The zero-order chi connectivity index (χ0) is 15.7. The molecule has 1 aliphatic carbocycles. The first-order valence-corrected chi connectivity index (χ1v) is 7.49. The highest BCUT2D eigenvalue weighted by atomic mass is 19.1. The monoisotopic (exact) mass is 297 g/mol. The maximum Gasteiger partial charge on any atom is 0.165 e. The summed E-state index contributed by atoms with van der Waals surface area (Å²) in [4.78, 5) is 2.24. The van der Waals surface area contributed by atoms with E-state index >= 15 is 0 Å². The Labute approximate surface area is 130 Å². The zero-order valence-corrected chi connectivity index (χ0v) is 12.7. The minimum atomic E-state index is -0.549. The van der Waals surface area contributed by atoms with Crippen LogP contribution in [0.2, 0.25) is 0 Å². The Balaban J connectivity index is 2.08. The molecule has 0 saturated heterocycles. The fourth-order valence-corrected chi connectivity index (χ4v) is 3.45. The summed E-state index contributed by atoms with van der Waals surface area (Å²) in [6, 6.07) is 13.5. The standard InChI is InChI=1S/C19H20FNO/c1-3-9-21(2)17-10-14-11-18(22)16(20)12-15(14)19(17)13-7-5-4-6-8-13/h3-8,11-12,17,19,22H,1,9-10H2,2H3/t17-,19-/m1/s1. The molecule has 0 aromatic heterocycles. The van der Waals surface area contributed by atoms with Gasteiger partial charge in [0.1, 0.15) is 0 Å². The second-order valence-electron chi connectivity index (χ2n) is 5.89. The average Bonchev–Trinajstić information content (AvgIpc) is 2.87. The van der Waals surface area contributed by atoms with Gasteiger partial charge in [-0.25, -0.2) is 4.39 Å². The maximum absolute atomic E-state index is 13.9. The minimum absolute atomic E-state index is 0.108. The number of halogens is 1. The fourth-order valence-electron chi connectivity index (χ4n) is 3.45. The number of nitrogens with zero attached hydrogens (tertiary/aromatic N) is 1. The Kier molecular flexibility index (Phi) is 3.99. The second-order valence-corrected chi connectivity index (χ2v) is 5.89. The largest absolute Gasteiger partial charge is 0.505 e. The third-order valence-corrected chi connectivity index (χ3v) is 4.50. The van der Waals surface area contributed by atoms with Gasteiger partial charge in [-0.3, -0.25) is 4.90 Å². The topological polar surface area (TPSA) is 23.5 Å². The van der Waals surface area contributed by atoms with E-state index in [2.05, 4.69) is 30.7 Å². The van der Waals surface area contributed by atoms with Crippen LogP contribution in [0.15, 0.2) is 55.1 Å². The zero-order valence-electron chi connectivity index (χ0n) is 12.7. The van der Waals surface area contributed by atoms with Crippen molar-refractivity contribution >= 4 is 0 Å². The quantitative estimate of drug-likeness (QED) is 0.870. The molecule has 0 bridgehead atoms. The third-order valence-electron chi connectivity index (χ3n) is 4.50. The number of phenols is 1. The van der Waals surface area contributed by atoms with Gasteiger partial charge in [0.25, 0.3) is 0 Å². The summed E-state index contributed by atoms with van der Waals surface area (Å²) in [7, 11) is 2.06. The molecule has 3 heteroatoms. The number of rotatable bonds is 4. The first-order valence-electron chi connectivity index (χ1n) is 7.49. The number of benzene rings is 2. The molecule has 2 aromatic rings. The van der Waals surface area contributed by atoms with Crippen molar-refractivity contribution in [1.29, 1.82) is 0 Å². The lowest BCUT2D eigenvalue weighted by atomic mass is 9.89. The molecule has 22 heavy (non-hydrogen) atoms. The van der Waals surface area contributed by atoms with E-state index in [1.165, 1.54) is 11.6 Å². The van der Waals surface area contributed by atoms with E-state index in [0.717, 1.165) is 24.1 Å². The lowest BCUT2D eigenvalue weighted by Gasteiger charge is -2.29. The van der Waals surface area contributed by atoms with Gasteiger partial charge in [0.05, 0.1) is 0 Å². The van der Waals surface area contributed by atoms with E-state index < -0.39 is 5.82 Å². The molecule has 0 fully saturated rings. The molecular weight excluding hydrogens is 277 g/mol. The Morgan fingerprint density at radius 3 is 2.73 bits per heavy atom. The Bertz CT molecular complexity index is 683. The Morgan fingerprint density at radius 1 is 1.32 bits per heavy atom. The van der Waals surface area contributed by atoms with Crippen LogP contribution < -0.4 is 0 Å². The van der Waals surface area contributed by atoms with E-state index in [1.54, 1.807) is 6.07 Å². The van der Waals surface area contributed by atoms with Crippen LogP contribution in [0.4, 0.5) is 4.39 Å². The molecule has 0 heterocycles. The molecular formula is C19H20FNO. The molecule has 0 saturated carbocycles. The molecule has 0 spiro atoms. The van der Waals surface area contributed by atoms with Gasteiger partial charge in [0, 0.05) is 18.5 Å². The summed E-state index contributed by atoms with van der Waals surface area (Å²) >= 11 is 0. The molecule has 1 aliphatic rings. The summed E-state index contributed by atoms with van der Waals surface area (Å²) in [6.07, 6.45) is 2.68. The normalized spacial score (nSPS) is 20.1. The third kappa shape index (κ3) is 2.53. The molecule has 0 radical (unpaired) electrons. The van der Waals surface area contributed by atoms with Crippen molar-refractivity contribution in [2.24, 2.45) is 0 Å². The Morgan fingerprint density at radius 2 is 2.05 bits per heavy atom. The van der Waals surface area contributed by atoms with E-state index in [-0.39, 0.29) is 17.7 Å². The molecule has 0 unspecified atom stereocenters. The van der Waals surface area contributed by atoms with Gasteiger partial charge < -0.3 is 5.11 Å². The van der Waals surface area contributed by atoms with Crippen LogP contribution >= 0.6 is 0 Å². The van der Waals surface area contributed by atoms with Crippen LogP contribution in [0, 0.1) is 5.82 Å². The highest BCUT2D eigenvalue weighted by Gasteiger charge is 2.36. The van der Waals surface area contributed by atoms with E-state index in [4.69, 9.17) is 0 Å². The van der Waals surface area contributed by atoms with Crippen molar-refractivity contribution in [2.45, 2.75) is 18.4 Å². The van der Waals surface area contributed by atoms with Crippen molar-refractivity contribution in [3.63, 3.8) is 0 Å². The summed E-state index contributed by atoms with van der Waals surface area (Å²) in [6.45, 7) is 4.58. The van der Waals surface area contributed by atoms with E-state index in [9.17, 15) is 9.50 Å². The van der Waals surface area contributed by atoms with Crippen LogP contribution in [-0.4, -0.2) is 29.6 Å². The van der Waals surface area contributed by atoms with Gasteiger partial charge in [-0.2, -0.15) is 0 Å². The molecule has 114 valence electrons. The molecule has 2 atom stereocenters. The number of aromatic hydroxyl groups is 1. The van der Waals surface area contributed by atoms with Crippen molar-refractivity contribution in [2.75, 3.05) is 13.6 Å². The highest BCUT2D eigenvalue weighted by molar-refractivity contribution is 5.48. The lowest BCUT2D eigenvalue weighted by molar-refractivity contribution is 0.256. The van der Waals surface area contributed by atoms with Crippen LogP contribution in [0.25, 0.3) is 0 Å². The molecule has 2 nitrogen and oxygen atoms in total. The first kappa shape index (κ1) is 14.8. The summed E-state index contributed by atoms with van der Waals surface area (Å²) in [5.74, 6) is -0.708. The average molecular weight is 297 g/mol. The Hall–Kier alpha value is -2.13. The molecule has 3 rings (SSSR count). The first-order chi connectivity index (χ1) is 10.6. The summed E-state index contributed by atoms with van der Waals surface area (Å²) in [5.41, 5.74) is 3.17. The predicted octanol–water partition coefficient (Wildman–Crippen LogP) is 3.71. The predicted molar refractivity (Wildman–Crippen MR) is 86.7 cm³/mol. The lowest BCUT2D eigenvalue weighted by Crippen LogP contribution is -2.35. The van der Waals surface area contributed by atoms with E-state index in [1.807, 2.05) is 24.3 Å². The number of hydrogen-bond acceptors (Lipinski definition) is 2. The SMILES string of the molecule is C=CCN(C)[C@@H]1Cc2cc(O)c(F)cc2[C@H]1c1ccccc1. The van der Waals surface area contributed by atoms with Gasteiger partial charge in [0.15, 0.2) is 11.6 Å². The summed E-state index contributed by atoms with van der Waals surface area (Å²) in [5, 5.41) is 9.66. The fraction of sp³-hybridized carbons (Fsp3) is 0.263. The number of hydrogen-bond donors (Lipinski definition) is 1. The van der Waals surface area contributed by atoms with E-state index in [0.29, 0.717) is 0 Å². The second kappa shape index (κ2) is 5.93. The number of likely N-dealkylation sites (N-methyl/N-ethyl adjacent to an activating group) is 1. The molecule has 0 amide bonds. The van der Waals surface area contributed by atoms with Gasteiger partial charge in [-0.05, 0) is 42.3 Å². The smallest absolute Gasteiger partial charge is 0.165 e. The van der Waals surface area contributed by atoms with Crippen LogP contribution in [0.3, 0.4) is 0 Å². The minimum Gasteiger partial charge on any atom is -0.505 e. The maximum atomic E-state index is 13.9. The van der Waals surface area contributed by atoms with Crippen LogP contribution in [-0.2, 0) is 6.42 Å². The van der Waals surface area contributed by atoms with Gasteiger partial charge in [0.2, 0.25) is 0 Å². The van der Waals surface area contributed by atoms with Crippen molar-refractivity contribution in [3.05, 3.63) is 77.6 Å². The molecule has 2 aromatic carbocycles. The van der Waals surface area contributed by atoms with Crippen molar-refractivity contribution in [3.8, 4) is 5.75 Å². The van der Waals surface area contributed by atoms with Gasteiger partial charge in [-0.15, -0.1) is 6.58 Å². The molecule has 0 aliphatic heterocycles.